The zero-order valence-electron chi connectivity index (χ0n) is 13.8. The highest BCUT2D eigenvalue weighted by molar-refractivity contribution is 6.03. The molecule has 0 saturated heterocycles. The van der Waals surface area contributed by atoms with Gasteiger partial charge in [-0.15, -0.1) is 0 Å². The maximum atomic E-state index is 12.6. The first-order chi connectivity index (χ1) is 11.1. The average molecular weight is 316 g/mol. The lowest BCUT2D eigenvalue weighted by Crippen LogP contribution is -2.50. The number of carbonyl (C=O) groups is 2. The van der Waals surface area contributed by atoms with Gasteiger partial charge in [0.25, 0.3) is 5.91 Å². The van der Waals surface area contributed by atoms with Crippen LogP contribution in [-0.2, 0) is 9.59 Å². The molecule has 23 heavy (non-hydrogen) atoms. The van der Waals surface area contributed by atoms with E-state index in [-0.39, 0.29) is 24.4 Å². The lowest BCUT2D eigenvalue weighted by Gasteiger charge is -2.34. The molecule has 1 aromatic carbocycles. The summed E-state index contributed by atoms with van der Waals surface area (Å²) in [5.74, 6) is 0.456. The quantitative estimate of drug-likeness (QED) is 0.929. The molecular formula is C18H24N2O3. The van der Waals surface area contributed by atoms with Gasteiger partial charge in [0.15, 0.2) is 6.10 Å². The van der Waals surface area contributed by atoms with Crippen molar-refractivity contribution < 1.29 is 14.3 Å². The highest BCUT2D eigenvalue weighted by Gasteiger charge is 2.34. The van der Waals surface area contributed by atoms with Crippen molar-refractivity contribution in [3.63, 3.8) is 0 Å². The number of ether oxygens (including phenoxy) is 1. The third-order valence-corrected chi connectivity index (χ3v) is 4.61. The van der Waals surface area contributed by atoms with Gasteiger partial charge in [0.2, 0.25) is 5.91 Å². The van der Waals surface area contributed by atoms with E-state index in [1.54, 1.807) is 4.90 Å². The van der Waals surface area contributed by atoms with Crippen LogP contribution in [0.4, 0.5) is 5.69 Å². The first-order valence-corrected chi connectivity index (χ1v) is 8.46. The van der Waals surface area contributed by atoms with Crippen LogP contribution in [0.15, 0.2) is 18.2 Å². The third-order valence-electron chi connectivity index (χ3n) is 4.61. The van der Waals surface area contributed by atoms with Crippen LogP contribution in [0.25, 0.3) is 0 Å². The van der Waals surface area contributed by atoms with Crippen molar-refractivity contribution in [3.8, 4) is 5.75 Å². The fourth-order valence-corrected chi connectivity index (χ4v) is 3.34. The molecule has 2 aliphatic rings. The molecule has 5 heteroatoms. The molecule has 124 valence electrons. The molecule has 0 spiro atoms. The van der Waals surface area contributed by atoms with Gasteiger partial charge in [0.05, 0.1) is 5.69 Å². The van der Waals surface area contributed by atoms with Crippen LogP contribution in [0.2, 0.25) is 0 Å². The van der Waals surface area contributed by atoms with Gasteiger partial charge in [-0.05, 0) is 43.9 Å². The Balaban J connectivity index is 1.79. The number of nitrogens with zero attached hydrogens (tertiary/aromatic N) is 1. The van der Waals surface area contributed by atoms with Crippen LogP contribution in [0.5, 0.6) is 5.75 Å². The fourth-order valence-electron chi connectivity index (χ4n) is 3.34. The molecule has 0 radical (unpaired) electrons. The minimum absolute atomic E-state index is 0.0612. The topological polar surface area (TPSA) is 58.6 Å². The van der Waals surface area contributed by atoms with Crippen molar-refractivity contribution in [1.82, 2.24) is 5.32 Å². The maximum absolute atomic E-state index is 12.6. The lowest BCUT2D eigenvalue weighted by atomic mass is 10.1. The molecule has 0 bridgehead atoms. The van der Waals surface area contributed by atoms with E-state index in [1.807, 2.05) is 32.0 Å². The number of aryl methyl sites for hydroxylation is 1. The maximum Gasteiger partial charge on any atom is 0.268 e. The molecule has 1 aliphatic carbocycles. The molecule has 1 fully saturated rings. The van der Waals surface area contributed by atoms with Gasteiger partial charge in [0.1, 0.15) is 12.3 Å². The molecule has 1 atom stereocenters. The normalized spacial score (nSPS) is 21.0. The van der Waals surface area contributed by atoms with Crippen LogP contribution >= 0.6 is 0 Å². The summed E-state index contributed by atoms with van der Waals surface area (Å²) in [5, 5.41) is 3.05. The van der Waals surface area contributed by atoms with Crippen LogP contribution in [0, 0.1) is 6.92 Å². The highest BCUT2D eigenvalue weighted by atomic mass is 16.5. The van der Waals surface area contributed by atoms with E-state index in [2.05, 4.69) is 5.32 Å². The second-order valence-electron chi connectivity index (χ2n) is 6.46. The van der Waals surface area contributed by atoms with Gasteiger partial charge in [-0.3, -0.25) is 14.5 Å². The van der Waals surface area contributed by atoms with Gasteiger partial charge in [-0.1, -0.05) is 25.8 Å². The number of hydrogen-bond acceptors (Lipinski definition) is 3. The predicted molar refractivity (Wildman–Crippen MR) is 88.6 cm³/mol. The Bertz CT molecular complexity index is 608. The summed E-state index contributed by atoms with van der Waals surface area (Å²) in [6.45, 7) is 3.94. The SMILES string of the molecule is CC[C@@H]1Oc2ccc(C)cc2N(CC(=O)NC2CCCC2)C1=O. The Kier molecular flexibility index (Phi) is 4.55. The van der Waals surface area contributed by atoms with E-state index in [9.17, 15) is 9.59 Å². The Hall–Kier alpha value is -2.04. The number of carbonyl (C=O) groups excluding carboxylic acids is 2. The second kappa shape index (κ2) is 6.60. The molecule has 1 aromatic rings. The number of amides is 2. The van der Waals surface area contributed by atoms with Crippen molar-refractivity contribution in [1.29, 1.82) is 0 Å². The number of anilines is 1. The summed E-state index contributed by atoms with van der Waals surface area (Å²) >= 11 is 0. The summed E-state index contributed by atoms with van der Waals surface area (Å²) in [5.41, 5.74) is 1.73. The van der Waals surface area contributed by atoms with E-state index < -0.39 is 6.10 Å². The Morgan fingerprint density at radius 2 is 2.09 bits per heavy atom. The Labute approximate surface area is 137 Å². The molecule has 5 nitrogen and oxygen atoms in total. The smallest absolute Gasteiger partial charge is 0.268 e. The summed E-state index contributed by atoms with van der Waals surface area (Å²) in [6, 6.07) is 6.00. The largest absolute Gasteiger partial charge is 0.478 e. The van der Waals surface area contributed by atoms with Gasteiger partial charge >= 0.3 is 0 Å². The standard InChI is InChI=1S/C18H24N2O3/c1-3-15-18(22)20(11-17(21)19-13-6-4-5-7-13)14-10-12(2)8-9-16(14)23-15/h8-10,13,15H,3-7,11H2,1-2H3,(H,19,21)/t15-/m0/s1. The minimum atomic E-state index is -0.510. The fraction of sp³-hybridized carbons (Fsp3) is 0.556. The van der Waals surface area contributed by atoms with Crippen LogP contribution in [-0.4, -0.2) is 30.5 Å². The van der Waals surface area contributed by atoms with E-state index >= 15 is 0 Å². The van der Waals surface area contributed by atoms with Gasteiger partial charge in [-0.25, -0.2) is 0 Å². The van der Waals surface area contributed by atoms with E-state index in [1.165, 1.54) is 12.8 Å². The predicted octanol–water partition coefficient (Wildman–Crippen LogP) is 2.56. The molecule has 1 N–H and O–H groups in total. The lowest BCUT2D eigenvalue weighted by molar-refractivity contribution is -0.129. The summed E-state index contributed by atoms with van der Waals surface area (Å²) in [7, 11) is 0. The molecule has 1 saturated carbocycles. The molecule has 0 unspecified atom stereocenters. The zero-order chi connectivity index (χ0) is 16.4. The van der Waals surface area contributed by atoms with Gasteiger partial charge in [0, 0.05) is 6.04 Å². The van der Waals surface area contributed by atoms with Gasteiger partial charge in [-0.2, -0.15) is 0 Å². The molecular weight excluding hydrogens is 292 g/mol. The number of fused-ring (bicyclic) bond motifs is 1. The monoisotopic (exact) mass is 316 g/mol. The first kappa shape index (κ1) is 15.8. The highest BCUT2D eigenvalue weighted by Crippen LogP contribution is 2.35. The molecule has 1 heterocycles. The van der Waals surface area contributed by atoms with Crippen LogP contribution in [0.1, 0.15) is 44.6 Å². The van der Waals surface area contributed by atoms with Crippen molar-refractivity contribution in [2.24, 2.45) is 0 Å². The third kappa shape index (κ3) is 3.33. The number of rotatable bonds is 4. The molecule has 0 aromatic heterocycles. The van der Waals surface area contributed by atoms with Crippen LogP contribution in [0.3, 0.4) is 0 Å². The Morgan fingerprint density at radius 1 is 1.35 bits per heavy atom. The minimum Gasteiger partial charge on any atom is -0.478 e. The van der Waals surface area contributed by atoms with Crippen molar-refractivity contribution >= 4 is 17.5 Å². The number of nitrogens with one attached hydrogen (secondary N) is 1. The number of benzene rings is 1. The number of hydrogen-bond donors (Lipinski definition) is 1. The summed E-state index contributed by atoms with van der Waals surface area (Å²) in [6.07, 6.45) is 4.49. The molecule has 2 amide bonds. The first-order valence-electron chi connectivity index (χ1n) is 8.46. The second-order valence-corrected chi connectivity index (χ2v) is 6.46. The van der Waals surface area contributed by atoms with Crippen LogP contribution < -0.4 is 15.0 Å². The van der Waals surface area contributed by atoms with E-state index in [4.69, 9.17) is 4.74 Å². The Morgan fingerprint density at radius 3 is 2.78 bits per heavy atom. The summed E-state index contributed by atoms with van der Waals surface area (Å²) < 4.78 is 5.77. The van der Waals surface area contributed by atoms with Crippen molar-refractivity contribution in [2.45, 2.75) is 58.1 Å². The van der Waals surface area contributed by atoms with Crippen molar-refractivity contribution in [3.05, 3.63) is 23.8 Å². The summed E-state index contributed by atoms with van der Waals surface area (Å²) in [4.78, 5) is 26.6. The molecule has 1 aliphatic heterocycles. The van der Waals surface area contributed by atoms with Crippen molar-refractivity contribution in [2.75, 3.05) is 11.4 Å². The average Bonchev–Trinajstić information content (AvgIpc) is 3.03. The zero-order valence-corrected chi connectivity index (χ0v) is 13.8. The molecule has 3 rings (SSSR count). The van der Waals surface area contributed by atoms with E-state index in [0.29, 0.717) is 17.9 Å². The van der Waals surface area contributed by atoms with E-state index in [0.717, 1.165) is 18.4 Å². The van der Waals surface area contributed by atoms with Gasteiger partial charge < -0.3 is 10.1 Å².